The van der Waals surface area contributed by atoms with Crippen LogP contribution in [0.1, 0.15) is 18.4 Å². The molecule has 1 N–H and O–H groups in total. The van der Waals surface area contributed by atoms with E-state index in [2.05, 4.69) is 26.0 Å². The number of nitriles is 1. The van der Waals surface area contributed by atoms with Gasteiger partial charge in [-0.2, -0.15) is 10.4 Å². The first kappa shape index (κ1) is 17.6. The molecule has 0 radical (unpaired) electrons. The number of piperazine rings is 1. The van der Waals surface area contributed by atoms with Crippen molar-refractivity contribution in [2.45, 2.75) is 18.9 Å². The molecule has 2 aliphatic rings. The smallest absolute Gasteiger partial charge is 0.410 e. The Hall–Kier alpha value is -3.54. The molecule has 0 aromatic carbocycles. The minimum absolute atomic E-state index is 0.115. The SMILES string of the molecule is Cn1cc(-c2[nH]c3nccc(N4CCN(C(=O)OC5CC5)CC4)c3c2C#N)cn1. The number of pyridine rings is 1. The van der Waals surface area contributed by atoms with Gasteiger partial charge in [-0.05, 0) is 18.9 Å². The Labute approximate surface area is 167 Å². The van der Waals surface area contributed by atoms with Crippen molar-refractivity contribution in [1.82, 2.24) is 24.6 Å². The average Bonchev–Trinajstić information content (AvgIpc) is 3.31. The van der Waals surface area contributed by atoms with Gasteiger partial charge in [-0.1, -0.05) is 0 Å². The van der Waals surface area contributed by atoms with Gasteiger partial charge in [0.2, 0.25) is 0 Å². The van der Waals surface area contributed by atoms with Crippen LogP contribution in [0.3, 0.4) is 0 Å². The second-order valence-electron chi connectivity index (χ2n) is 7.50. The maximum absolute atomic E-state index is 12.2. The first-order chi connectivity index (χ1) is 14.1. The lowest BCUT2D eigenvalue weighted by Gasteiger charge is -2.35. The van der Waals surface area contributed by atoms with E-state index in [1.807, 2.05) is 19.3 Å². The zero-order valence-corrected chi connectivity index (χ0v) is 16.1. The summed E-state index contributed by atoms with van der Waals surface area (Å²) >= 11 is 0. The summed E-state index contributed by atoms with van der Waals surface area (Å²) in [6.45, 7) is 2.54. The fourth-order valence-corrected chi connectivity index (χ4v) is 3.77. The molecule has 1 saturated heterocycles. The number of aromatic amines is 1. The highest BCUT2D eigenvalue weighted by Crippen LogP contribution is 2.35. The van der Waals surface area contributed by atoms with E-state index in [0.29, 0.717) is 37.4 Å². The quantitative estimate of drug-likeness (QED) is 0.735. The van der Waals surface area contributed by atoms with Crippen LogP contribution in [0.15, 0.2) is 24.7 Å². The second-order valence-corrected chi connectivity index (χ2v) is 7.50. The molecule has 0 spiro atoms. The normalized spacial score (nSPS) is 16.8. The summed E-state index contributed by atoms with van der Waals surface area (Å²) in [5.41, 5.74) is 3.76. The fourth-order valence-electron chi connectivity index (χ4n) is 3.77. The molecule has 1 saturated carbocycles. The molecule has 1 aliphatic heterocycles. The number of aromatic nitrogens is 4. The number of amides is 1. The van der Waals surface area contributed by atoms with E-state index in [1.54, 1.807) is 22.0 Å². The van der Waals surface area contributed by atoms with Crippen molar-refractivity contribution in [3.8, 4) is 17.3 Å². The molecule has 29 heavy (non-hydrogen) atoms. The van der Waals surface area contributed by atoms with Gasteiger partial charge in [0.25, 0.3) is 0 Å². The van der Waals surface area contributed by atoms with Gasteiger partial charge in [-0.3, -0.25) is 4.68 Å². The fraction of sp³-hybridized carbons (Fsp3) is 0.400. The van der Waals surface area contributed by atoms with Crippen LogP contribution in [0.5, 0.6) is 0 Å². The lowest BCUT2D eigenvalue weighted by atomic mass is 10.1. The summed E-state index contributed by atoms with van der Waals surface area (Å²) in [5, 5.41) is 14.9. The van der Waals surface area contributed by atoms with Gasteiger partial charge in [-0.25, -0.2) is 9.78 Å². The van der Waals surface area contributed by atoms with Crippen molar-refractivity contribution in [2.24, 2.45) is 7.05 Å². The molecule has 3 aromatic rings. The molecule has 9 nitrogen and oxygen atoms in total. The van der Waals surface area contributed by atoms with E-state index < -0.39 is 0 Å². The number of rotatable bonds is 3. The largest absolute Gasteiger partial charge is 0.446 e. The number of carbonyl (C=O) groups is 1. The predicted molar refractivity (Wildman–Crippen MR) is 106 cm³/mol. The molecule has 1 aliphatic carbocycles. The van der Waals surface area contributed by atoms with Gasteiger partial charge in [0.15, 0.2) is 0 Å². The minimum atomic E-state index is -0.217. The van der Waals surface area contributed by atoms with Gasteiger partial charge in [0.1, 0.15) is 17.8 Å². The van der Waals surface area contributed by atoms with E-state index in [0.717, 1.165) is 35.2 Å². The number of hydrogen-bond acceptors (Lipinski definition) is 6. The van der Waals surface area contributed by atoms with Crippen molar-refractivity contribution in [2.75, 3.05) is 31.1 Å². The molecule has 0 unspecified atom stereocenters. The van der Waals surface area contributed by atoms with E-state index in [9.17, 15) is 10.1 Å². The van der Waals surface area contributed by atoms with Crippen LogP contribution < -0.4 is 4.90 Å². The Kier molecular flexibility index (Phi) is 4.12. The minimum Gasteiger partial charge on any atom is -0.446 e. The average molecular weight is 391 g/mol. The molecule has 4 heterocycles. The van der Waals surface area contributed by atoms with Crippen molar-refractivity contribution in [3.63, 3.8) is 0 Å². The van der Waals surface area contributed by atoms with Crippen LogP contribution in [0.25, 0.3) is 22.3 Å². The van der Waals surface area contributed by atoms with E-state index in [-0.39, 0.29) is 12.2 Å². The summed E-state index contributed by atoms with van der Waals surface area (Å²) in [4.78, 5) is 23.9. The van der Waals surface area contributed by atoms with Crippen LogP contribution in [0, 0.1) is 11.3 Å². The monoisotopic (exact) mass is 391 g/mol. The number of fused-ring (bicyclic) bond motifs is 1. The molecule has 2 fully saturated rings. The highest BCUT2D eigenvalue weighted by molar-refractivity contribution is 6.00. The van der Waals surface area contributed by atoms with Gasteiger partial charge in [-0.15, -0.1) is 0 Å². The zero-order chi connectivity index (χ0) is 20.0. The van der Waals surface area contributed by atoms with Crippen molar-refractivity contribution in [1.29, 1.82) is 5.26 Å². The van der Waals surface area contributed by atoms with Gasteiger partial charge in [0, 0.05) is 51.2 Å². The summed E-state index contributed by atoms with van der Waals surface area (Å²) < 4.78 is 7.11. The third kappa shape index (κ3) is 3.16. The molecule has 0 atom stereocenters. The Balaban J connectivity index is 1.44. The third-order valence-electron chi connectivity index (χ3n) is 5.45. The molecular weight excluding hydrogens is 370 g/mol. The number of ether oxygens (including phenoxy) is 1. The first-order valence-corrected chi connectivity index (χ1v) is 9.74. The molecule has 0 bridgehead atoms. The highest BCUT2D eigenvalue weighted by atomic mass is 16.6. The maximum atomic E-state index is 12.2. The van der Waals surface area contributed by atoms with Crippen molar-refractivity contribution in [3.05, 3.63) is 30.2 Å². The van der Waals surface area contributed by atoms with Crippen LogP contribution in [-0.4, -0.2) is 63.0 Å². The summed E-state index contributed by atoms with van der Waals surface area (Å²) in [6.07, 6.45) is 7.20. The van der Waals surface area contributed by atoms with Crippen LogP contribution in [0.2, 0.25) is 0 Å². The van der Waals surface area contributed by atoms with Gasteiger partial charge >= 0.3 is 6.09 Å². The predicted octanol–water partition coefficient (Wildman–Crippen LogP) is 2.26. The van der Waals surface area contributed by atoms with Crippen molar-refractivity contribution >= 4 is 22.8 Å². The van der Waals surface area contributed by atoms with Gasteiger partial charge in [0.05, 0.1) is 28.5 Å². The van der Waals surface area contributed by atoms with E-state index in [4.69, 9.17) is 4.74 Å². The van der Waals surface area contributed by atoms with Crippen LogP contribution >= 0.6 is 0 Å². The zero-order valence-electron chi connectivity index (χ0n) is 16.1. The van der Waals surface area contributed by atoms with Gasteiger partial charge < -0.3 is 19.5 Å². The Bertz CT molecular complexity index is 1110. The summed E-state index contributed by atoms with van der Waals surface area (Å²) in [7, 11) is 1.84. The molecule has 3 aromatic heterocycles. The number of nitrogens with one attached hydrogen (secondary N) is 1. The standard InChI is InChI=1S/C20H21N7O2/c1-25-12-13(11-23-25)18-15(10-21)17-16(4-5-22-19(17)24-18)26-6-8-27(9-7-26)20(28)29-14-2-3-14/h4-5,11-12,14H,2-3,6-9H2,1H3,(H,22,24). The topological polar surface area (TPSA) is 103 Å². The molecule has 5 rings (SSSR count). The Morgan fingerprint density at radius 1 is 1.31 bits per heavy atom. The number of carbonyl (C=O) groups excluding carboxylic acids is 1. The summed E-state index contributed by atoms with van der Waals surface area (Å²) in [6, 6.07) is 4.27. The van der Waals surface area contributed by atoms with E-state index in [1.165, 1.54) is 0 Å². The first-order valence-electron chi connectivity index (χ1n) is 9.74. The lowest BCUT2D eigenvalue weighted by Crippen LogP contribution is -2.49. The number of hydrogen-bond donors (Lipinski definition) is 1. The molecule has 148 valence electrons. The van der Waals surface area contributed by atoms with Crippen molar-refractivity contribution < 1.29 is 9.53 Å². The third-order valence-corrected chi connectivity index (χ3v) is 5.45. The Morgan fingerprint density at radius 2 is 2.10 bits per heavy atom. The molecule has 1 amide bonds. The second kappa shape index (κ2) is 6.81. The number of anilines is 1. The molecule has 9 heteroatoms. The number of H-pyrrole nitrogens is 1. The van der Waals surface area contributed by atoms with Crippen LogP contribution in [-0.2, 0) is 11.8 Å². The maximum Gasteiger partial charge on any atom is 0.410 e. The van der Waals surface area contributed by atoms with Crippen LogP contribution in [0.4, 0.5) is 10.5 Å². The lowest BCUT2D eigenvalue weighted by molar-refractivity contribution is 0.0939. The van der Waals surface area contributed by atoms with E-state index >= 15 is 0 Å². The Morgan fingerprint density at radius 3 is 2.76 bits per heavy atom. The molecular formula is C20H21N7O2. The summed E-state index contributed by atoms with van der Waals surface area (Å²) in [5.74, 6) is 0. The highest BCUT2D eigenvalue weighted by Gasteiger charge is 2.30. The number of aryl methyl sites for hydroxylation is 1. The number of nitrogens with zero attached hydrogens (tertiary/aromatic N) is 6.